The molecule has 0 fully saturated rings. The minimum atomic E-state index is -0.335. The molecular weight excluding hydrogens is 221 g/mol. The lowest BCUT2D eigenvalue weighted by Crippen LogP contribution is -2.18. The van der Waals surface area contributed by atoms with Gasteiger partial charge in [-0.05, 0) is 31.9 Å². The number of anilines is 1. The number of ether oxygens (including phenoxy) is 1. The number of hydrogen-bond acceptors (Lipinski definition) is 3. The molecule has 0 amide bonds. The van der Waals surface area contributed by atoms with Gasteiger partial charge in [0, 0.05) is 32.0 Å². The fourth-order valence-electron chi connectivity index (χ4n) is 1.59. The molecule has 1 rings (SSSR count). The molecule has 4 heteroatoms. The summed E-state index contributed by atoms with van der Waals surface area (Å²) in [5, 5.41) is 8.69. The van der Waals surface area contributed by atoms with Crippen molar-refractivity contribution >= 4 is 5.69 Å². The number of benzene rings is 1. The minimum Gasteiger partial charge on any atom is -0.491 e. The minimum absolute atomic E-state index is 0.200. The molecule has 3 nitrogen and oxygen atoms in total. The van der Waals surface area contributed by atoms with Gasteiger partial charge >= 0.3 is 0 Å². The predicted octanol–water partition coefficient (Wildman–Crippen LogP) is 2.43. The Labute approximate surface area is 102 Å². The molecule has 0 saturated heterocycles. The van der Waals surface area contributed by atoms with Crippen molar-refractivity contribution in [1.82, 2.24) is 0 Å². The molecule has 0 aromatic heterocycles. The molecule has 0 heterocycles. The van der Waals surface area contributed by atoms with Gasteiger partial charge in [-0.1, -0.05) is 0 Å². The summed E-state index contributed by atoms with van der Waals surface area (Å²) in [6.45, 7) is 3.29. The Balaban J connectivity index is 2.62. The van der Waals surface area contributed by atoms with Crippen LogP contribution in [0.25, 0.3) is 0 Å². The van der Waals surface area contributed by atoms with Gasteiger partial charge in [-0.2, -0.15) is 0 Å². The second-order valence-electron chi connectivity index (χ2n) is 3.90. The van der Waals surface area contributed by atoms with Crippen molar-refractivity contribution in [2.24, 2.45) is 0 Å². The molecule has 0 aliphatic heterocycles. The van der Waals surface area contributed by atoms with Crippen LogP contribution in [-0.2, 0) is 0 Å². The van der Waals surface area contributed by atoms with Crippen LogP contribution >= 0.6 is 0 Å². The third-order valence-corrected chi connectivity index (χ3v) is 2.56. The van der Waals surface area contributed by atoms with Crippen molar-refractivity contribution in [1.29, 1.82) is 0 Å². The topological polar surface area (TPSA) is 32.7 Å². The van der Waals surface area contributed by atoms with E-state index in [0.717, 1.165) is 25.1 Å². The summed E-state index contributed by atoms with van der Waals surface area (Å²) in [7, 11) is 1.91. The first-order chi connectivity index (χ1) is 8.19. The molecule has 0 aliphatic rings. The van der Waals surface area contributed by atoms with E-state index in [-0.39, 0.29) is 12.4 Å². The molecule has 0 bridgehead atoms. The van der Waals surface area contributed by atoms with E-state index >= 15 is 0 Å². The van der Waals surface area contributed by atoms with Crippen LogP contribution in [0, 0.1) is 5.82 Å². The summed E-state index contributed by atoms with van der Waals surface area (Å²) in [5.41, 5.74) is 0.823. The largest absolute Gasteiger partial charge is 0.491 e. The SMILES string of the molecule is CCOc1ccc(N(C)CCCCO)cc1F. The van der Waals surface area contributed by atoms with Crippen LogP contribution in [0.5, 0.6) is 5.75 Å². The number of rotatable bonds is 7. The van der Waals surface area contributed by atoms with Crippen LogP contribution in [0.3, 0.4) is 0 Å². The quantitative estimate of drug-likeness (QED) is 0.744. The highest BCUT2D eigenvalue weighted by Gasteiger charge is 2.07. The van der Waals surface area contributed by atoms with Crippen LogP contribution in [0.4, 0.5) is 10.1 Å². The molecule has 1 N–H and O–H groups in total. The highest BCUT2D eigenvalue weighted by Crippen LogP contribution is 2.23. The van der Waals surface area contributed by atoms with Gasteiger partial charge in [0.15, 0.2) is 11.6 Å². The molecule has 0 radical (unpaired) electrons. The second-order valence-corrected chi connectivity index (χ2v) is 3.90. The van der Waals surface area contributed by atoms with Gasteiger partial charge in [-0.25, -0.2) is 4.39 Å². The summed E-state index contributed by atoms with van der Waals surface area (Å²) in [5.74, 6) is -0.0432. The van der Waals surface area contributed by atoms with Gasteiger partial charge in [0.1, 0.15) is 0 Å². The van der Waals surface area contributed by atoms with Gasteiger partial charge in [-0.15, -0.1) is 0 Å². The molecular formula is C13H20FNO2. The van der Waals surface area contributed by atoms with E-state index in [1.54, 1.807) is 6.07 Å². The third kappa shape index (κ3) is 4.23. The highest BCUT2D eigenvalue weighted by molar-refractivity contribution is 5.49. The lowest BCUT2D eigenvalue weighted by Gasteiger charge is -2.19. The van der Waals surface area contributed by atoms with E-state index in [4.69, 9.17) is 9.84 Å². The maximum absolute atomic E-state index is 13.6. The molecule has 17 heavy (non-hydrogen) atoms. The molecule has 0 aliphatic carbocycles. The lowest BCUT2D eigenvalue weighted by atomic mass is 10.2. The Hall–Kier alpha value is -1.29. The van der Waals surface area contributed by atoms with Crippen molar-refractivity contribution in [2.45, 2.75) is 19.8 Å². The van der Waals surface area contributed by atoms with Crippen LogP contribution in [-0.4, -0.2) is 31.9 Å². The van der Waals surface area contributed by atoms with E-state index in [9.17, 15) is 4.39 Å². The first-order valence-electron chi connectivity index (χ1n) is 5.93. The van der Waals surface area contributed by atoms with Crippen molar-refractivity contribution < 1.29 is 14.2 Å². The number of nitrogens with zero attached hydrogens (tertiary/aromatic N) is 1. The maximum Gasteiger partial charge on any atom is 0.167 e. The monoisotopic (exact) mass is 241 g/mol. The Bertz CT molecular complexity index is 344. The van der Waals surface area contributed by atoms with Gasteiger partial charge in [0.25, 0.3) is 0 Å². The Morgan fingerprint density at radius 2 is 2.12 bits per heavy atom. The molecule has 96 valence electrons. The van der Waals surface area contributed by atoms with Crippen molar-refractivity contribution in [2.75, 3.05) is 31.7 Å². The molecule has 0 unspecified atom stereocenters. The second kappa shape index (κ2) is 7.12. The number of hydrogen-bond donors (Lipinski definition) is 1. The maximum atomic E-state index is 13.6. The average molecular weight is 241 g/mol. The molecule has 1 aromatic carbocycles. The highest BCUT2D eigenvalue weighted by atomic mass is 19.1. The zero-order valence-corrected chi connectivity index (χ0v) is 10.4. The molecule has 0 atom stereocenters. The summed E-state index contributed by atoms with van der Waals surface area (Å²) in [6.07, 6.45) is 1.66. The molecule has 0 spiro atoms. The van der Waals surface area contributed by atoms with Crippen LogP contribution in [0.1, 0.15) is 19.8 Å². The van der Waals surface area contributed by atoms with Crippen molar-refractivity contribution in [3.8, 4) is 5.75 Å². The standard InChI is InChI=1S/C13H20FNO2/c1-3-17-13-7-6-11(10-12(13)14)15(2)8-4-5-9-16/h6-7,10,16H,3-5,8-9H2,1-2H3. The van der Waals surface area contributed by atoms with Crippen LogP contribution in [0.15, 0.2) is 18.2 Å². The number of aliphatic hydroxyl groups excluding tert-OH is 1. The Morgan fingerprint density at radius 3 is 2.71 bits per heavy atom. The fraction of sp³-hybridized carbons (Fsp3) is 0.538. The number of halogens is 1. The normalized spacial score (nSPS) is 10.4. The van der Waals surface area contributed by atoms with Crippen LogP contribution in [0.2, 0.25) is 0 Å². The Kier molecular flexibility index (Phi) is 5.77. The average Bonchev–Trinajstić information content (AvgIpc) is 2.32. The van der Waals surface area contributed by atoms with Crippen LogP contribution < -0.4 is 9.64 Å². The number of unbranched alkanes of at least 4 members (excludes halogenated alkanes) is 1. The first kappa shape index (κ1) is 13.8. The zero-order chi connectivity index (χ0) is 12.7. The molecule has 1 aromatic rings. The van der Waals surface area contributed by atoms with E-state index in [1.807, 2.05) is 24.9 Å². The summed E-state index contributed by atoms with van der Waals surface area (Å²) >= 11 is 0. The lowest BCUT2D eigenvalue weighted by molar-refractivity contribution is 0.285. The zero-order valence-electron chi connectivity index (χ0n) is 10.4. The van der Waals surface area contributed by atoms with Crippen molar-refractivity contribution in [3.05, 3.63) is 24.0 Å². The van der Waals surface area contributed by atoms with E-state index in [2.05, 4.69) is 0 Å². The van der Waals surface area contributed by atoms with Gasteiger partial charge in [-0.3, -0.25) is 0 Å². The Morgan fingerprint density at radius 1 is 1.35 bits per heavy atom. The summed E-state index contributed by atoms with van der Waals surface area (Å²) < 4.78 is 18.7. The fourth-order valence-corrected chi connectivity index (χ4v) is 1.59. The first-order valence-corrected chi connectivity index (χ1v) is 5.93. The van der Waals surface area contributed by atoms with Crippen molar-refractivity contribution in [3.63, 3.8) is 0 Å². The van der Waals surface area contributed by atoms with Gasteiger partial charge in [0.05, 0.1) is 6.61 Å². The molecule has 0 saturated carbocycles. The predicted molar refractivity (Wildman–Crippen MR) is 67.2 cm³/mol. The van der Waals surface area contributed by atoms with Gasteiger partial charge < -0.3 is 14.7 Å². The van der Waals surface area contributed by atoms with Gasteiger partial charge in [0.2, 0.25) is 0 Å². The smallest absolute Gasteiger partial charge is 0.167 e. The summed E-state index contributed by atoms with van der Waals surface area (Å²) in [4.78, 5) is 1.97. The summed E-state index contributed by atoms with van der Waals surface area (Å²) in [6, 6.07) is 4.97. The van der Waals surface area contributed by atoms with E-state index in [0.29, 0.717) is 12.4 Å². The third-order valence-electron chi connectivity index (χ3n) is 2.56. The van der Waals surface area contributed by atoms with E-state index in [1.165, 1.54) is 6.07 Å². The van der Waals surface area contributed by atoms with E-state index < -0.39 is 0 Å². The number of aliphatic hydroxyl groups is 1.